The summed E-state index contributed by atoms with van der Waals surface area (Å²) in [6.45, 7) is 3.96. The topological polar surface area (TPSA) is 71.6 Å². The van der Waals surface area contributed by atoms with Crippen LogP contribution in [0.25, 0.3) is 10.6 Å². The van der Waals surface area contributed by atoms with Crippen LogP contribution in [0, 0.1) is 0 Å². The Morgan fingerprint density at radius 3 is 2.66 bits per heavy atom. The summed E-state index contributed by atoms with van der Waals surface area (Å²) in [5, 5.41) is 14.3. The fraction of sp³-hybridized carbons (Fsp3) is 0.182. The number of fused-ring (bicyclic) bond motifs is 1. The van der Waals surface area contributed by atoms with Gasteiger partial charge >= 0.3 is 0 Å². The van der Waals surface area contributed by atoms with Gasteiger partial charge in [0.2, 0.25) is 0 Å². The average Bonchev–Trinajstić information content (AvgIpc) is 3.46. The number of hydrogen-bond acceptors (Lipinski definition) is 7. The molecule has 0 spiro atoms. The normalized spacial score (nSPS) is 14.7. The summed E-state index contributed by atoms with van der Waals surface area (Å²) >= 11 is 1.38. The lowest BCUT2D eigenvalue weighted by molar-refractivity contribution is 0.180. The molecule has 1 N–H and O–H groups in total. The molecule has 29 heavy (non-hydrogen) atoms. The predicted molar refractivity (Wildman–Crippen MR) is 110 cm³/mol. The molecular weight excluding hydrogens is 386 g/mol. The molecule has 3 heterocycles. The molecule has 0 fully saturated rings. The van der Waals surface area contributed by atoms with Gasteiger partial charge in [0.05, 0.1) is 17.1 Å². The number of rotatable bonds is 5. The van der Waals surface area contributed by atoms with E-state index < -0.39 is 0 Å². The van der Waals surface area contributed by atoms with Crippen LogP contribution < -0.4 is 4.74 Å². The van der Waals surface area contributed by atoms with Gasteiger partial charge in [-0.05, 0) is 30.2 Å². The second-order valence-electron chi connectivity index (χ2n) is 7.05. The molecule has 4 aromatic rings. The quantitative estimate of drug-likeness (QED) is 0.481. The Morgan fingerprint density at radius 1 is 1.10 bits per heavy atom. The van der Waals surface area contributed by atoms with Crippen LogP contribution in [0.5, 0.6) is 16.7 Å². The van der Waals surface area contributed by atoms with Crippen molar-refractivity contribution < 1.29 is 14.4 Å². The van der Waals surface area contributed by atoms with E-state index in [4.69, 9.17) is 9.26 Å². The molecule has 5 rings (SSSR count). The number of phenolic OH excluding ortho intramolecular Hbond substituents is 1. The lowest BCUT2D eigenvalue weighted by Crippen LogP contribution is -2.20. The van der Waals surface area contributed by atoms with Crippen molar-refractivity contribution in [3.05, 3.63) is 77.7 Å². The number of aromatic nitrogens is 2. The van der Waals surface area contributed by atoms with Gasteiger partial charge in [-0.1, -0.05) is 46.8 Å². The number of ether oxygens (including phenoxy) is 1. The number of thiazole rings is 1. The van der Waals surface area contributed by atoms with Crippen LogP contribution in [-0.2, 0) is 13.1 Å². The van der Waals surface area contributed by atoms with Gasteiger partial charge in [0, 0.05) is 25.2 Å². The predicted octanol–water partition coefficient (Wildman–Crippen LogP) is 5.37. The Hall–Kier alpha value is -3.16. The molecule has 0 saturated heterocycles. The van der Waals surface area contributed by atoms with Crippen LogP contribution in [0.2, 0.25) is 0 Å². The fourth-order valence-corrected chi connectivity index (χ4v) is 4.22. The van der Waals surface area contributed by atoms with Crippen molar-refractivity contribution in [2.45, 2.75) is 26.1 Å². The number of aromatic hydroxyl groups is 1. The summed E-state index contributed by atoms with van der Waals surface area (Å²) in [7, 11) is 0. The van der Waals surface area contributed by atoms with E-state index >= 15 is 0 Å². The molecule has 1 aliphatic heterocycles. The van der Waals surface area contributed by atoms with E-state index in [1.165, 1.54) is 22.5 Å². The minimum Gasteiger partial charge on any atom is -0.508 e. The van der Waals surface area contributed by atoms with Crippen LogP contribution in [0.4, 0.5) is 0 Å². The van der Waals surface area contributed by atoms with Crippen LogP contribution >= 0.6 is 11.3 Å². The van der Waals surface area contributed by atoms with E-state index in [2.05, 4.69) is 46.2 Å². The third-order valence-corrected chi connectivity index (χ3v) is 6.01. The molecule has 2 aromatic carbocycles. The largest absolute Gasteiger partial charge is 0.508 e. The lowest BCUT2D eigenvalue weighted by Gasteiger charge is -2.20. The summed E-state index contributed by atoms with van der Waals surface area (Å²) in [6, 6.07) is 17.3. The fourth-order valence-electron chi connectivity index (χ4n) is 3.49. The maximum absolute atomic E-state index is 9.55. The first-order valence-electron chi connectivity index (χ1n) is 9.36. The standard InChI is InChI=1S/C22H19N3O3S/c1-14(25-12-15-5-2-3-6-16(15)13-25)20-10-19(24-28-20)21-11-23-22(29-21)27-18-8-4-7-17(26)9-18/h2-11,14,26H,12-13H2,1H3. The van der Waals surface area contributed by atoms with Crippen molar-refractivity contribution in [3.63, 3.8) is 0 Å². The van der Waals surface area contributed by atoms with E-state index in [9.17, 15) is 5.11 Å². The van der Waals surface area contributed by atoms with Crippen LogP contribution in [0.1, 0.15) is 29.9 Å². The second kappa shape index (κ2) is 7.35. The number of phenols is 1. The summed E-state index contributed by atoms with van der Waals surface area (Å²) in [5.74, 6) is 1.52. The van der Waals surface area contributed by atoms with E-state index in [0.29, 0.717) is 10.9 Å². The minimum absolute atomic E-state index is 0.125. The SMILES string of the molecule is CC(c1cc(-c2cnc(Oc3cccc(O)c3)s2)no1)N1Cc2ccccc2C1. The van der Waals surface area contributed by atoms with Gasteiger partial charge in [0.1, 0.15) is 17.2 Å². The van der Waals surface area contributed by atoms with E-state index in [0.717, 1.165) is 29.4 Å². The first-order valence-corrected chi connectivity index (χ1v) is 10.2. The van der Waals surface area contributed by atoms with Gasteiger partial charge in [-0.2, -0.15) is 0 Å². The maximum atomic E-state index is 9.55. The molecule has 1 aliphatic rings. The van der Waals surface area contributed by atoms with Crippen molar-refractivity contribution in [2.75, 3.05) is 0 Å². The van der Waals surface area contributed by atoms with Gasteiger partial charge in [-0.15, -0.1) is 0 Å². The molecule has 1 atom stereocenters. The number of nitrogens with zero attached hydrogens (tertiary/aromatic N) is 3. The molecule has 7 heteroatoms. The van der Waals surface area contributed by atoms with Gasteiger partial charge in [0.25, 0.3) is 5.19 Å². The van der Waals surface area contributed by atoms with Crippen molar-refractivity contribution in [1.82, 2.24) is 15.0 Å². The van der Waals surface area contributed by atoms with Gasteiger partial charge < -0.3 is 14.4 Å². The molecule has 6 nitrogen and oxygen atoms in total. The van der Waals surface area contributed by atoms with Gasteiger partial charge in [-0.3, -0.25) is 4.90 Å². The highest BCUT2D eigenvalue weighted by Gasteiger charge is 2.26. The molecular formula is C22H19N3O3S. The molecule has 0 saturated carbocycles. The molecule has 146 valence electrons. The van der Waals surface area contributed by atoms with Crippen LogP contribution in [0.3, 0.4) is 0 Å². The average molecular weight is 405 g/mol. The highest BCUT2D eigenvalue weighted by Crippen LogP contribution is 2.36. The van der Waals surface area contributed by atoms with E-state index in [1.807, 2.05) is 6.07 Å². The molecule has 0 amide bonds. The Kier molecular flexibility index (Phi) is 4.54. The van der Waals surface area contributed by atoms with Crippen molar-refractivity contribution in [2.24, 2.45) is 0 Å². The second-order valence-corrected chi connectivity index (χ2v) is 8.05. The third-order valence-electron chi connectivity index (χ3n) is 5.11. The van der Waals surface area contributed by atoms with Gasteiger partial charge in [0.15, 0.2) is 5.76 Å². The van der Waals surface area contributed by atoms with Crippen molar-refractivity contribution in [3.8, 4) is 27.3 Å². The Labute approximate surface area is 172 Å². The maximum Gasteiger partial charge on any atom is 0.279 e. The van der Waals surface area contributed by atoms with E-state index in [1.54, 1.807) is 30.5 Å². The summed E-state index contributed by atoms with van der Waals surface area (Å²) in [6.07, 6.45) is 1.72. The summed E-state index contributed by atoms with van der Waals surface area (Å²) in [5.41, 5.74) is 3.48. The highest BCUT2D eigenvalue weighted by atomic mass is 32.1. The molecule has 1 unspecified atom stereocenters. The minimum atomic E-state index is 0.125. The van der Waals surface area contributed by atoms with Crippen molar-refractivity contribution in [1.29, 1.82) is 0 Å². The Balaban J connectivity index is 1.30. The molecule has 0 aliphatic carbocycles. The Morgan fingerprint density at radius 2 is 1.90 bits per heavy atom. The number of benzene rings is 2. The molecule has 0 bridgehead atoms. The van der Waals surface area contributed by atoms with Crippen LogP contribution in [-0.4, -0.2) is 20.1 Å². The first kappa shape index (κ1) is 17.9. The summed E-state index contributed by atoms with van der Waals surface area (Å²) in [4.78, 5) is 7.54. The molecule has 0 radical (unpaired) electrons. The lowest BCUT2D eigenvalue weighted by atomic mass is 10.1. The van der Waals surface area contributed by atoms with Crippen LogP contribution in [0.15, 0.2) is 65.3 Å². The number of hydrogen-bond donors (Lipinski definition) is 1. The van der Waals surface area contributed by atoms with Crippen molar-refractivity contribution >= 4 is 11.3 Å². The molecule has 2 aromatic heterocycles. The zero-order valence-electron chi connectivity index (χ0n) is 15.8. The zero-order chi connectivity index (χ0) is 19.8. The first-order chi connectivity index (χ1) is 14.2. The summed E-state index contributed by atoms with van der Waals surface area (Å²) < 4.78 is 11.4. The highest BCUT2D eigenvalue weighted by molar-refractivity contribution is 7.16. The Bertz CT molecular complexity index is 1130. The monoisotopic (exact) mass is 405 g/mol. The third kappa shape index (κ3) is 3.62. The smallest absolute Gasteiger partial charge is 0.279 e. The van der Waals surface area contributed by atoms with Gasteiger partial charge in [-0.25, -0.2) is 4.98 Å². The van der Waals surface area contributed by atoms with E-state index in [-0.39, 0.29) is 11.8 Å². The zero-order valence-corrected chi connectivity index (χ0v) is 16.6.